The largest absolute Gasteiger partial charge is 0.390 e. The fourth-order valence-corrected chi connectivity index (χ4v) is 3.31. The molecule has 2 amide bonds. The number of likely N-dealkylation sites (tertiary alicyclic amines) is 1. The van der Waals surface area contributed by atoms with Crippen LogP contribution in [-0.2, 0) is 6.42 Å². The molecule has 0 saturated carbocycles. The zero-order valence-corrected chi connectivity index (χ0v) is 13.9. The van der Waals surface area contributed by atoms with Gasteiger partial charge in [0.1, 0.15) is 5.01 Å². The number of aromatic nitrogens is 2. The van der Waals surface area contributed by atoms with Crippen molar-refractivity contribution in [2.45, 2.75) is 45.1 Å². The number of aryl methyl sites for hydroxylation is 1. The van der Waals surface area contributed by atoms with E-state index in [9.17, 15) is 9.90 Å². The highest BCUT2D eigenvalue weighted by Crippen LogP contribution is 2.16. The maximum absolute atomic E-state index is 11.8. The number of urea groups is 1. The summed E-state index contributed by atoms with van der Waals surface area (Å²) >= 11 is 1.38. The Morgan fingerprint density at radius 1 is 1.36 bits per heavy atom. The van der Waals surface area contributed by atoms with Crippen molar-refractivity contribution >= 4 is 22.5 Å². The summed E-state index contributed by atoms with van der Waals surface area (Å²) in [6, 6.07) is -0.350. The number of hydrogen-bond acceptors (Lipinski definition) is 6. The molecule has 124 valence electrons. The smallest absolute Gasteiger partial charge is 0.321 e. The number of β-amino-alcohol motifs (C(OH)–C–C–N with tert-alkyl or cyclic N) is 1. The highest BCUT2D eigenvalue weighted by atomic mass is 32.1. The van der Waals surface area contributed by atoms with E-state index in [4.69, 9.17) is 0 Å². The lowest BCUT2D eigenvalue weighted by Crippen LogP contribution is -2.42. The van der Waals surface area contributed by atoms with Crippen molar-refractivity contribution in [1.82, 2.24) is 20.4 Å². The molecule has 7 nitrogen and oxygen atoms in total. The molecule has 2 rings (SSSR count). The lowest BCUT2D eigenvalue weighted by Gasteiger charge is -2.28. The SMILES string of the molecule is CCCc1nnc(NC(=O)NC[C@@H](O)CN2CCCCC2)s1. The van der Waals surface area contributed by atoms with Crippen LogP contribution in [0.25, 0.3) is 0 Å². The number of piperidine rings is 1. The van der Waals surface area contributed by atoms with Gasteiger partial charge in [-0.25, -0.2) is 4.79 Å². The van der Waals surface area contributed by atoms with E-state index in [1.165, 1.54) is 30.6 Å². The van der Waals surface area contributed by atoms with Gasteiger partial charge in [0.05, 0.1) is 6.10 Å². The standard InChI is InChI=1S/C14H25N5O2S/c1-2-6-12-17-18-14(22-12)16-13(21)15-9-11(20)10-19-7-4-3-5-8-19/h11,20H,2-10H2,1H3,(H2,15,16,18,21)/t11-/m1/s1. The van der Waals surface area contributed by atoms with Gasteiger partial charge in [-0.3, -0.25) is 5.32 Å². The number of nitrogens with one attached hydrogen (secondary N) is 2. The van der Waals surface area contributed by atoms with Crippen LogP contribution in [0.15, 0.2) is 0 Å². The molecule has 1 aliphatic heterocycles. The number of hydrogen-bond donors (Lipinski definition) is 3. The summed E-state index contributed by atoms with van der Waals surface area (Å²) in [5.41, 5.74) is 0. The fraction of sp³-hybridized carbons (Fsp3) is 0.786. The third-order valence-electron chi connectivity index (χ3n) is 3.57. The molecule has 0 bridgehead atoms. The summed E-state index contributed by atoms with van der Waals surface area (Å²) < 4.78 is 0. The molecule has 0 unspecified atom stereocenters. The van der Waals surface area contributed by atoms with Gasteiger partial charge in [0.2, 0.25) is 5.13 Å². The van der Waals surface area contributed by atoms with Crippen LogP contribution < -0.4 is 10.6 Å². The third kappa shape index (κ3) is 5.86. The number of aliphatic hydroxyl groups excluding tert-OH is 1. The molecule has 1 saturated heterocycles. The highest BCUT2D eigenvalue weighted by molar-refractivity contribution is 7.15. The zero-order valence-electron chi connectivity index (χ0n) is 13.0. The molecule has 0 radical (unpaired) electrons. The van der Waals surface area contributed by atoms with E-state index in [-0.39, 0.29) is 12.6 Å². The van der Waals surface area contributed by atoms with Gasteiger partial charge in [-0.15, -0.1) is 10.2 Å². The van der Waals surface area contributed by atoms with Crippen molar-refractivity contribution in [3.05, 3.63) is 5.01 Å². The molecular weight excluding hydrogens is 302 g/mol. The van der Waals surface area contributed by atoms with Gasteiger partial charge in [0.15, 0.2) is 0 Å². The molecule has 0 spiro atoms. The molecule has 8 heteroatoms. The fourth-order valence-electron chi connectivity index (χ4n) is 2.48. The van der Waals surface area contributed by atoms with Crippen molar-refractivity contribution < 1.29 is 9.90 Å². The average Bonchev–Trinajstić information content (AvgIpc) is 2.94. The van der Waals surface area contributed by atoms with E-state index >= 15 is 0 Å². The third-order valence-corrected chi connectivity index (χ3v) is 4.47. The average molecular weight is 327 g/mol. The highest BCUT2D eigenvalue weighted by Gasteiger charge is 2.15. The van der Waals surface area contributed by atoms with E-state index in [0.717, 1.165) is 30.9 Å². The summed E-state index contributed by atoms with van der Waals surface area (Å²) in [7, 11) is 0. The van der Waals surface area contributed by atoms with Gasteiger partial charge < -0.3 is 15.3 Å². The second kappa shape index (κ2) is 9.02. The van der Waals surface area contributed by atoms with Crippen LogP contribution in [0, 0.1) is 0 Å². The Morgan fingerprint density at radius 2 is 2.14 bits per heavy atom. The van der Waals surface area contributed by atoms with Gasteiger partial charge in [0.25, 0.3) is 0 Å². The summed E-state index contributed by atoms with van der Waals surface area (Å²) in [5, 5.41) is 24.6. The van der Waals surface area contributed by atoms with Crippen molar-refractivity contribution in [3.8, 4) is 0 Å². The topological polar surface area (TPSA) is 90.4 Å². The quantitative estimate of drug-likeness (QED) is 0.705. The molecule has 1 aromatic heterocycles. The number of rotatable bonds is 7. The van der Waals surface area contributed by atoms with E-state index in [2.05, 4.69) is 32.7 Å². The summed E-state index contributed by atoms with van der Waals surface area (Å²) in [6.07, 6.45) is 4.98. The number of nitrogens with zero attached hydrogens (tertiary/aromatic N) is 3. The molecule has 1 fully saturated rings. The normalized spacial score (nSPS) is 17.2. The van der Waals surface area contributed by atoms with Gasteiger partial charge in [-0.2, -0.15) is 0 Å². The second-order valence-electron chi connectivity index (χ2n) is 5.60. The monoisotopic (exact) mass is 327 g/mol. The molecule has 0 aromatic carbocycles. The minimum Gasteiger partial charge on any atom is -0.390 e. The molecule has 1 aromatic rings. The Kier molecular flexibility index (Phi) is 7.01. The van der Waals surface area contributed by atoms with Crippen LogP contribution in [0.5, 0.6) is 0 Å². The van der Waals surface area contributed by atoms with Crippen molar-refractivity contribution in [2.24, 2.45) is 0 Å². The minimum absolute atomic E-state index is 0.239. The Bertz CT molecular complexity index is 462. The predicted molar refractivity (Wildman–Crippen MR) is 87.2 cm³/mol. The van der Waals surface area contributed by atoms with Gasteiger partial charge in [-0.1, -0.05) is 24.7 Å². The second-order valence-corrected chi connectivity index (χ2v) is 6.66. The molecule has 2 heterocycles. The van der Waals surface area contributed by atoms with Gasteiger partial charge in [-0.05, 0) is 32.4 Å². The molecule has 1 aliphatic rings. The maximum Gasteiger partial charge on any atom is 0.321 e. The summed E-state index contributed by atoms with van der Waals surface area (Å²) in [4.78, 5) is 14.0. The van der Waals surface area contributed by atoms with Crippen LogP contribution in [0.4, 0.5) is 9.93 Å². The van der Waals surface area contributed by atoms with Crippen LogP contribution in [0.3, 0.4) is 0 Å². The first-order chi connectivity index (χ1) is 10.7. The Balaban J connectivity index is 1.65. The van der Waals surface area contributed by atoms with Crippen molar-refractivity contribution in [1.29, 1.82) is 0 Å². The molecule has 3 N–H and O–H groups in total. The van der Waals surface area contributed by atoms with Crippen LogP contribution >= 0.6 is 11.3 Å². The molecule has 1 atom stereocenters. The number of anilines is 1. The Hall–Kier alpha value is -1.25. The number of carbonyl (C=O) groups excluding carboxylic acids is 1. The van der Waals surface area contributed by atoms with E-state index in [0.29, 0.717) is 11.7 Å². The first-order valence-corrected chi connectivity index (χ1v) is 8.76. The summed E-state index contributed by atoms with van der Waals surface area (Å²) in [6.45, 7) is 5.00. The minimum atomic E-state index is -0.547. The van der Waals surface area contributed by atoms with Gasteiger partial charge in [0, 0.05) is 19.5 Å². The van der Waals surface area contributed by atoms with E-state index in [1.54, 1.807) is 0 Å². The number of aliphatic hydroxyl groups is 1. The molecule has 0 aliphatic carbocycles. The van der Waals surface area contributed by atoms with Crippen LogP contribution in [0.2, 0.25) is 0 Å². The number of amides is 2. The first kappa shape index (κ1) is 17.1. The predicted octanol–water partition coefficient (Wildman–Crippen LogP) is 1.46. The van der Waals surface area contributed by atoms with Crippen LogP contribution in [-0.4, -0.2) is 58.5 Å². The number of carbonyl (C=O) groups is 1. The van der Waals surface area contributed by atoms with Gasteiger partial charge >= 0.3 is 6.03 Å². The van der Waals surface area contributed by atoms with Crippen LogP contribution in [0.1, 0.15) is 37.6 Å². The lowest BCUT2D eigenvalue weighted by atomic mass is 10.1. The van der Waals surface area contributed by atoms with E-state index < -0.39 is 6.10 Å². The van der Waals surface area contributed by atoms with E-state index in [1.807, 2.05) is 0 Å². The Labute approximate surface area is 135 Å². The van der Waals surface area contributed by atoms with Crippen molar-refractivity contribution in [3.63, 3.8) is 0 Å². The van der Waals surface area contributed by atoms with Crippen molar-refractivity contribution in [2.75, 3.05) is 31.5 Å². The lowest BCUT2D eigenvalue weighted by molar-refractivity contribution is 0.102. The Morgan fingerprint density at radius 3 is 2.86 bits per heavy atom. The first-order valence-electron chi connectivity index (χ1n) is 7.95. The maximum atomic E-state index is 11.8. The molecule has 22 heavy (non-hydrogen) atoms. The zero-order chi connectivity index (χ0) is 15.8. The summed E-state index contributed by atoms with van der Waals surface area (Å²) in [5.74, 6) is 0. The molecular formula is C14H25N5O2S.